The van der Waals surface area contributed by atoms with Crippen molar-refractivity contribution in [2.75, 3.05) is 18.9 Å². The molecule has 7 N–H and O–H groups in total. The standard InChI is InChI=1S/C13H18N5O13P3/c1-2-3-27-7-4-9(18-6-15-10-11(18)16-13(14)17-12(10)19)29-8(7)5-28-33(23,24)31-34(25,26)30-32(20,21)22/h1,6-9H,3-5H2,(H,23,24)(H,25,26)(H2,20,21,22)(H3,14,16,17,19)/t7-,8+,9+/m0/s1. The first kappa shape index (κ1) is 26.6. The molecule has 0 amide bonds. The highest BCUT2D eigenvalue weighted by atomic mass is 31.3. The topological polar surface area (TPSA) is 268 Å². The Hall–Kier alpha value is -1.96. The summed E-state index contributed by atoms with van der Waals surface area (Å²) in [5, 5.41) is 0. The molecule has 3 heterocycles. The van der Waals surface area contributed by atoms with E-state index < -0.39 is 54.1 Å². The average molecular weight is 545 g/mol. The third kappa shape index (κ3) is 6.80. The lowest BCUT2D eigenvalue weighted by Crippen LogP contribution is -2.29. The molecule has 2 aromatic heterocycles. The molecule has 3 rings (SSSR count). The van der Waals surface area contributed by atoms with Crippen LogP contribution in [0.3, 0.4) is 0 Å². The minimum absolute atomic E-state index is 0.0318. The largest absolute Gasteiger partial charge is 0.490 e. The Morgan fingerprint density at radius 3 is 2.62 bits per heavy atom. The number of hydrogen-bond acceptors (Lipinski definition) is 12. The number of phosphoric acid groups is 3. The van der Waals surface area contributed by atoms with Gasteiger partial charge < -0.3 is 34.8 Å². The molecular formula is C13H18N5O13P3. The summed E-state index contributed by atoms with van der Waals surface area (Å²) >= 11 is 0. The van der Waals surface area contributed by atoms with E-state index in [1.165, 1.54) is 10.9 Å². The predicted octanol–water partition coefficient (Wildman–Crippen LogP) is -0.649. The van der Waals surface area contributed by atoms with Crippen molar-refractivity contribution in [1.29, 1.82) is 0 Å². The summed E-state index contributed by atoms with van der Waals surface area (Å²) in [7, 11) is -16.6. The number of nitrogen functional groups attached to an aromatic ring is 1. The highest BCUT2D eigenvalue weighted by Gasteiger charge is 2.43. The summed E-state index contributed by atoms with van der Waals surface area (Å²) in [5.41, 5.74) is 5.02. The normalized spacial score (nSPS) is 24.5. The molecule has 0 spiro atoms. The highest BCUT2D eigenvalue weighted by molar-refractivity contribution is 7.66. The molecule has 5 atom stereocenters. The zero-order valence-electron chi connectivity index (χ0n) is 16.7. The van der Waals surface area contributed by atoms with Crippen LogP contribution in [-0.2, 0) is 36.3 Å². The van der Waals surface area contributed by atoms with Crippen LogP contribution in [-0.4, -0.2) is 64.5 Å². The Labute approximate surface area is 189 Å². The fourth-order valence-corrected chi connectivity index (χ4v) is 6.01. The van der Waals surface area contributed by atoms with Crippen LogP contribution in [0.2, 0.25) is 0 Å². The van der Waals surface area contributed by atoms with Crippen LogP contribution in [0.4, 0.5) is 5.95 Å². The number of fused-ring (bicyclic) bond motifs is 1. The Morgan fingerprint density at radius 2 is 1.97 bits per heavy atom. The summed E-state index contributed by atoms with van der Waals surface area (Å²) in [6.07, 6.45) is 3.68. The SMILES string of the molecule is C#CCO[C@H]1C[C@H](n2cnc3c(=O)[nH]c(N)nc32)O[C@@H]1COP(=O)(O)OP(=O)(O)OP(=O)(O)O. The third-order valence-corrected chi connectivity index (χ3v) is 7.94. The van der Waals surface area contributed by atoms with Gasteiger partial charge in [-0.2, -0.15) is 13.6 Å². The molecule has 18 nitrogen and oxygen atoms in total. The number of nitrogens with one attached hydrogen (secondary N) is 1. The van der Waals surface area contributed by atoms with Crippen LogP contribution in [0.5, 0.6) is 0 Å². The number of aromatic amines is 1. The maximum absolute atomic E-state index is 12.0. The van der Waals surface area contributed by atoms with Crippen molar-refractivity contribution in [3.8, 4) is 12.3 Å². The average Bonchev–Trinajstić information content (AvgIpc) is 3.25. The molecule has 0 radical (unpaired) electrons. The number of terminal acetylenes is 1. The molecular weight excluding hydrogens is 527 g/mol. The van der Waals surface area contributed by atoms with Gasteiger partial charge in [0, 0.05) is 6.42 Å². The summed E-state index contributed by atoms with van der Waals surface area (Å²) in [6.45, 7) is -0.944. The van der Waals surface area contributed by atoms with E-state index in [-0.39, 0.29) is 30.1 Å². The molecule has 1 aliphatic heterocycles. The lowest BCUT2D eigenvalue weighted by molar-refractivity contribution is -0.0544. The monoisotopic (exact) mass is 545 g/mol. The van der Waals surface area contributed by atoms with Gasteiger partial charge in [-0.3, -0.25) is 18.9 Å². The zero-order valence-corrected chi connectivity index (χ0v) is 19.4. The van der Waals surface area contributed by atoms with Gasteiger partial charge in [0.2, 0.25) is 5.95 Å². The Bertz CT molecular complexity index is 1300. The van der Waals surface area contributed by atoms with Crippen molar-refractivity contribution in [3.63, 3.8) is 0 Å². The van der Waals surface area contributed by atoms with E-state index in [2.05, 4.69) is 34.0 Å². The number of H-pyrrole nitrogens is 1. The third-order valence-electron chi connectivity index (χ3n) is 4.14. The van der Waals surface area contributed by atoms with Crippen molar-refractivity contribution in [2.24, 2.45) is 0 Å². The number of rotatable bonds is 10. The number of hydrogen-bond donors (Lipinski definition) is 6. The predicted molar refractivity (Wildman–Crippen MR) is 109 cm³/mol. The Morgan fingerprint density at radius 1 is 1.26 bits per heavy atom. The van der Waals surface area contributed by atoms with E-state index in [9.17, 15) is 28.3 Å². The molecule has 1 saturated heterocycles. The number of phosphoric ester groups is 1. The van der Waals surface area contributed by atoms with Gasteiger partial charge in [0.15, 0.2) is 11.2 Å². The first-order chi connectivity index (χ1) is 15.7. The van der Waals surface area contributed by atoms with Gasteiger partial charge >= 0.3 is 23.5 Å². The smallest absolute Gasteiger partial charge is 0.369 e. The van der Waals surface area contributed by atoms with Gasteiger partial charge in [-0.15, -0.1) is 6.42 Å². The van der Waals surface area contributed by atoms with E-state index in [0.29, 0.717) is 0 Å². The van der Waals surface area contributed by atoms with Gasteiger partial charge in [0.25, 0.3) is 5.56 Å². The number of imidazole rings is 1. The second kappa shape index (κ2) is 9.96. The minimum atomic E-state index is -5.68. The van der Waals surface area contributed by atoms with Crippen molar-refractivity contribution in [2.45, 2.75) is 24.9 Å². The first-order valence-electron chi connectivity index (χ1n) is 8.91. The van der Waals surface area contributed by atoms with E-state index in [1.54, 1.807) is 0 Å². The zero-order chi connectivity index (χ0) is 25.3. The van der Waals surface area contributed by atoms with Crippen LogP contribution < -0.4 is 11.3 Å². The van der Waals surface area contributed by atoms with Gasteiger partial charge in [-0.25, -0.2) is 18.7 Å². The second-order valence-electron chi connectivity index (χ2n) is 6.58. The maximum Gasteiger partial charge on any atom is 0.490 e. The van der Waals surface area contributed by atoms with Crippen molar-refractivity contribution in [1.82, 2.24) is 19.5 Å². The van der Waals surface area contributed by atoms with Gasteiger partial charge in [-0.05, 0) is 0 Å². The van der Waals surface area contributed by atoms with Crippen molar-refractivity contribution < 1.29 is 55.9 Å². The highest BCUT2D eigenvalue weighted by Crippen LogP contribution is 2.66. The molecule has 1 aliphatic rings. The van der Waals surface area contributed by atoms with E-state index in [4.69, 9.17) is 31.4 Å². The van der Waals surface area contributed by atoms with Gasteiger partial charge in [0.1, 0.15) is 18.9 Å². The maximum atomic E-state index is 12.0. The number of nitrogens with two attached hydrogens (primary N) is 1. The minimum Gasteiger partial charge on any atom is -0.369 e. The first-order valence-corrected chi connectivity index (χ1v) is 13.4. The Balaban J connectivity index is 1.75. The Kier molecular flexibility index (Phi) is 7.80. The number of nitrogens with zero attached hydrogens (tertiary/aromatic N) is 3. The second-order valence-corrected chi connectivity index (χ2v) is 11.0. The summed E-state index contributed by atoms with van der Waals surface area (Å²) in [4.78, 5) is 58.2. The van der Waals surface area contributed by atoms with E-state index in [0.717, 1.165) is 0 Å². The number of anilines is 1. The summed E-state index contributed by atoms with van der Waals surface area (Å²) in [6, 6.07) is 0. The molecule has 21 heteroatoms. The molecule has 0 bridgehead atoms. The van der Waals surface area contributed by atoms with Crippen molar-refractivity contribution in [3.05, 3.63) is 16.7 Å². The number of ether oxygens (including phenoxy) is 2. The van der Waals surface area contributed by atoms with E-state index >= 15 is 0 Å². The molecule has 2 aromatic rings. The van der Waals surface area contributed by atoms with Crippen LogP contribution in [0.25, 0.3) is 11.2 Å². The summed E-state index contributed by atoms with van der Waals surface area (Å²) in [5.74, 6) is 2.05. The van der Waals surface area contributed by atoms with Crippen LogP contribution in [0, 0.1) is 12.3 Å². The molecule has 0 aliphatic carbocycles. The molecule has 188 valence electrons. The molecule has 34 heavy (non-hydrogen) atoms. The van der Waals surface area contributed by atoms with Crippen LogP contribution in [0.1, 0.15) is 12.6 Å². The van der Waals surface area contributed by atoms with Gasteiger partial charge in [0.05, 0.1) is 19.0 Å². The van der Waals surface area contributed by atoms with Gasteiger partial charge in [-0.1, -0.05) is 5.92 Å². The van der Waals surface area contributed by atoms with Crippen LogP contribution in [0.15, 0.2) is 11.1 Å². The molecule has 2 unspecified atom stereocenters. The van der Waals surface area contributed by atoms with E-state index in [1.807, 2.05) is 0 Å². The number of aromatic nitrogens is 4. The molecule has 0 aromatic carbocycles. The fourth-order valence-electron chi connectivity index (χ4n) is 2.98. The lowest BCUT2D eigenvalue weighted by Gasteiger charge is -2.20. The summed E-state index contributed by atoms with van der Waals surface area (Å²) < 4.78 is 58.6. The quantitative estimate of drug-likeness (QED) is 0.160. The molecule has 1 fully saturated rings. The molecule has 0 saturated carbocycles. The van der Waals surface area contributed by atoms with Crippen LogP contribution >= 0.6 is 23.5 Å². The fraction of sp³-hybridized carbons (Fsp3) is 0.462. The lowest BCUT2D eigenvalue weighted by atomic mass is 10.2. The van der Waals surface area contributed by atoms with Crippen molar-refractivity contribution >= 4 is 40.6 Å².